The number of pyridine rings is 1. The van der Waals surface area contributed by atoms with E-state index in [4.69, 9.17) is 9.97 Å². The lowest BCUT2D eigenvalue weighted by atomic mass is 9.67. The van der Waals surface area contributed by atoms with E-state index in [0.717, 1.165) is 39.5 Å². The Bertz CT molecular complexity index is 2500. The molecule has 8 aromatic rings. The molecule has 1 aliphatic carbocycles. The Labute approximate surface area is 299 Å². The molecule has 3 nitrogen and oxygen atoms in total. The number of hydrogen-bond donors (Lipinski definition) is 0. The van der Waals surface area contributed by atoms with Crippen molar-refractivity contribution in [1.29, 1.82) is 0 Å². The second-order valence-corrected chi connectivity index (χ2v) is 13.3. The van der Waals surface area contributed by atoms with E-state index in [9.17, 15) is 0 Å². The number of benzene rings is 6. The Kier molecular flexibility index (Phi) is 7.48. The predicted octanol–water partition coefficient (Wildman–Crippen LogP) is 11.5. The van der Waals surface area contributed by atoms with Crippen LogP contribution in [0.25, 0.3) is 55.9 Å². The summed E-state index contributed by atoms with van der Waals surface area (Å²) in [6, 6.07) is 59.1. The molecule has 2 aromatic heterocycles. The quantitative estimate of drug-likeness (QED) is 0.179. The van der Waals surface area contributed by atoms with E-state index in [1.165, 1.54) is 50.1 Å². The molecule has 9 rings (SSSR count). The van der Waals surface area contributed by atoms with Gasteiger partial charge in [0.1, 0.15) is 5.82 Å². The molecule has 0 saturated heterocycles. The largest absolute Gasteiger partial charge is 0.264 e. The van der Waals surface area contributed by atoms with Gasteiger partial charge in [-0.15, -0.1) is 0 Å². The molecule has 0 fully saturated rings. The van der Waals surface area contributed by atoms with Crippen LogP contribution >= 0.6 is 0 Å². The van der Waals surface area contributed by atoms with Crippen molar-refractivity contribution in [1.82, 2.24) is 15.0 Å². The third-order valence-corrected chi connectivity index (χ3v) is 10.3. The molecular formula is C48H35N3. The van der Waals surface area contributed by atoms with Crippen molar-refractivity contribution in [2.24, 2.45) is 0 Å². The smallest absolute Gasteiger partial charge is 0.126 e. The summed E-state index contributed by atoms with van der Waals surface area (Å²) in [6.45, 7) is 4.11. The number of nitrogens with zero attached hydrogens (tertiary/aromatic N) is 3. The highest BCUT2D eigenvalue weighted by Crippen LogP contribution is 2.57. The molecule has 0 saturated carbocycles. The van der Waals surface area contributed by atoms with Crippen molar-refractivity contribution in [3.63, 3.8) is 0 Å². The molecule has 0 amide bonds. The van der Waals surface area contributed by atoms with Gasteiger partial charge in [0.25, 0.3) is 0 Å². The summed E-state index contributed by atoms with van der Waals surface area (Å²) in [5, 5.41) is 0. The number of fused-ring (bicyclic) bond motifs is 3. The maximum absolute atomic E-state index is 5.02. The average Bonchev–Trinajstić information content (AvgIpc) is 3.48. The topological polar surface area (TPSA) is 38.7 Å². The first-order chi connectivity index (χ1) is 25.1. The van der Waals surface area contributed by atoms with Crippen LogP contribution in [-0.2, 0) is 5.41 Å². The first kappa shape index (κ1) is 30.6. The summed E-state index contributed by atoms with van der Waals surface area (Å²) in [4.78, 5) is 14.3. The van der Waals surface area contributed by atoms with Gasteiger partial charge < -0.3 is 0 Å². The van der Waals surface area contributed by atoms with Crippen LogP contribution in [0.2, 0.25) is 0 Å². The van der Waals surface area contributed by atoms with Crippen molar-refractivity contribution in [3.05, 3.63) is 210 Å². The average molecular weight is 654 g/mol. The first-order valence-electron chi connectivity index (χ1n) is 17.4. The molecule has 51 heavy (non-hydrogen) atoms. The highest BCUT2D eigenvalue weighted by molar-refractivity contribution is 5.90. The Hall–Kier alpha value is -6.45. The predicted molar refractivity (Wildman–Crippen MR) is 208 cm³/mol. The van der Waals surface area contributed by atoms with E-state index in [-0.39, 0.29) is 0 Å². The summed E-state index contributed by atoms with van der Waals surface area (Å²) >= 11 is 0. The normalized spacial score (nSPS) is 12.7. The van der Waals surface area contributed by atoms with E-state index < -0.39 is 5.41 Å². The van der Waals surface area contributed by atoms with E-state index in [2.05, 4.69) is 170 Å². The molecule has 3 heteroatoms. The maximum Gasteiger partial charge on any atom is 0.126 e. The zero-order valence-corrected chi connectivity index (χ0v) is 28.6. The van der Waals surface area contributed by atoms with Crippen molar-refractivity contribution >= 4 is 0 Å². The lowest BCUT2D eigenvalue weighted by Gasteiger charge is -2.34. The first-order valence-corrected chi connectivity index (χ1v) is 17.4. The minimum atomic E-state index is -0.524. The molecule has 0 spiro atoms. The van der Waals surface area contributed by atoms with Gasteiger partial charge >= 0.3 is 0 Å². The summed E-state index contributed by atoms with van der Waals surface area (Å²) in [7, 11) is 0. The number of rotatable bonds is 6. The molecule has 242 valence electrons. The van der Waals surface area contributed by atoms with Gasteiger partial charge in [0.05, 0.1) is 16.8 Å². The Morgan fingerprint density at radius 3 is 1.71 bits per heavy atom. The van der Waals surface area contributed by atoms with Gasteiger partial charge in [0, 0.05) is 23.5 Å². The van der Waals surface area contributed by atoms with Gasteiger partial charge in [-0.2, -0.15) is 0 Å². The van der Waals surface area contributed by atoms with Crippen LogP contribution < -0.4 is 0 Å². The minimum Gasteiger partial charge on any atom is -0.264 e. The standard InChI is InChI=1S/C48H35N3/c1-32-31-49-26-25-41(32)36-22-24-44-43(28-36)42-23-21-38(29-45(42)48(44,39-17-8-4-9-18-39)40-19-10-5-11-20-40)47-30-46(50-33(2)51-47)37-16-12-15-35(27-37)34-13-6-3-7-14-34/h3-31H,1-2H3. The molecular weight excluding hydrogens is 619 g/mol. The van der Waals surface area contributed by atoms with E-state index in [1.807, 2.05) is 25.4 Å². The van der Waals surface area contributed by atoms with Crippen LogP contribution in [-0.4, -0.2) is 15.0 Å². The van der Waals surface area contributed by atoms with Crippen LogP contribution in [0.3, 0.4) is 0 Å². The molecule has 0 bridgehead atoms. The van der Waals surface area contributed by atoms with Gasteiger partial charge in [-0.1, -0.05) is 133 Å². The maximum atomic E-state index is 5.02. The highest BCUT2D eigenvalue weighted by Gasteiger charge is 2.46. The third kappa shape index (κ3) is 5.17. The third-order valence-electron chi connectivity index (χ3n) is 10.3. The zero-order chi connectivity index (χ0) is 34.4. The van der Waals surface area contributed by atoms with E-state index >= 15 is 0 Å². The van der Waals surface area contributed by atoms with Crippen LogP contribution in [0, 0.1) is 13.8 Å². The van der Waals surface area contributed by atoms with E-state index in [0.29, 0.717) is 0 Å². The Morgan fingerprint density at radius 1 is 0.412 bits per heavy atom. The van der Waals surface area contributed by atoms with Gasteiger partial charge in [0.15, 0.2) is 0 Å². The van der Waals surface area contributed by atoms with Gasteiger partial charge in [-0.3, -0.25) is 4.98 Å². The highest BCUT2D eigenvalue weighted by atomic mass is 14.9. The summed E-state index contributed by atoms with van der Waals surface area (Å²) in [5.41, 5.74) is 16.8. The zero-order valence-electron chi connectivity index (χ0n) is 28.6. The molecule has 0 atom stereocenters. The van der Waals surface area contributed by atoms with Gasteiger partial charge in [-0.25, -0.2) is 9.97 Å². The molecule has 6 aromatic carbocycles. The van der Waals surface area contributed by atoms with E-state index in [1.54, 1.807) is 0 Å². The van der Waals surface area contributed by atoms with Crippen molar-refractivity contribution in [3.8, 4) is 55.9 Å². The monoisotopic (exact) mass is 653 g/mol. The number of aryl methyl sites for hydroxylation is 2. The second-order valence-electron chi connectivity index (χ2n) is 13.3. The summed E-state index contributed by atoms with van der Waals surface area (Å²) in [6.07, 6.45) is 3.82. The summed E-state index contributed by atoms with van der Waals surface area (Å²) < 4.78 is 0. The van der Waals surface area contributed by atoms with Crippen molar-refractivity contribution < 1.29 is 0 Å². The van der Waals surface area contributed by atoms with Gasteiger partial charge in [-0.05, 0) is 105 Å². The minimum absolute atomic E-state index is 0.524. The fourth-order valence-electron chi connectivity index (χ4n) is 7.97. The van der Waals surface area contributed by atoms with Crippen LogP contribution in [0.15, 0.2) is 176 Å². The molecule has 0 aliphatic heterocycles. The molecule has 1 aliphatic rings. The molecule has 2 heterocycles. The lowest BCUT2D eigenvalue weighted by molar-refractivity contribution is 0.768. The number of hydrogen-bond acceptors (Lipinski definition) is 3. The molecule has 0 N–H and O–H groups in total. The van der Waals surface area contributed by atoms with Crippen molar-refractivity contribution in [2.45, 2.75) is 19.3 Å². The van der Waals surface area contributed by atoms with Crippen LogP contribution in [0.1, 0.15) is 33.6 Å². The van der Waals surface area contributed by atoms with Crippen molar-refractivity contribution in [2.75, 3.05) is 0 Å². The summed E-state index contributed by atoms with van der Waals surface area (Å²) in [5.74, 6) is 0.742. The second kappa shape index (κ2) is 12.5. The Morgan fingerprint density at radius 2 is 1.02 bits per heavy atom. The fraction of sp³-hybridized carbons (Fsp3) is 0.0625. The lowest BCUT2D eigenvalue weighted by Crippen LogP contribution is -2.28. The van der Waals surface area contributed by atoms with Gasteiger partial charge in [0.2, 0.25) is 0 Å². The number of aromatic nitrogens is 3. The fourth-order valence-corrected chi connectivity index (χ4v) is 7.97. The van der Waals surface area contributed by atoms with Crippen LogP contribution in [0.5, 0.6) is 0 Å². The Balaban J connectivity index is 1.26. The SMILES string of the molecule is Cc1nc(-c2cccc(-c3ccccc3)c2)cc(-c2ccc3c(c2)C(c2ccccc2)(c2ccccc2)c2ccc(-c4ccncc4C)cc2-3)n1. The molecule has 0 radical (unpaired) electrons. The molecule has 0 unspecified atom stereocenters. The van der Waals surface area contributed by atoms with Crippen LogP contribution in [0.4, 0.5) is 0 Å².